The van der Waals surface area contributed by atoms with Crippen molar-refractivity contribution in [2.75, 3.05) is 37.7 Å². The Balaban J connectivity index is 1.29. The highest BCUT2D eigenvalue weighted by atomic mass is 16.5. The Labute approximate surface area is 155 Å². The molecule has 3 fully saturated rings. The molecule has 0 N–H and O–H groups in total. The summed E-state index contributed by atoms with van der Waals surface area (Å²) in [6.07, 6.45) is 12.8. The topological polar surface area (TPSA) is 58.6 Å². The van der Waals surface area contributed by atoms with E-state index >= 15 is 0 Å². The van der Waals surface area contributed by atoms with Crippen molar-refractivity contribution in [3.63, 3.8) is 0 Å². The monoisotopic (exact) mass is 358 g/mol. The predicted octanol–water partition coefficient (Wildman–Crippen LogP) is 2.88. The summed E-state index contributed by atoms with van der Waals surface area (Å²) >= 11 is 0. The van der Waals surface area contributed by atoms with Gasteiger partial charge in [0.25, 0.3) is 0 Å². The zero-order chi connectivity index (χ0) is 17.8. The van der Waals surface area contributed by atoms with E-state index in [1.54, 1.807) is 6.20 Å². The molecule has 2 saturated heterocycles. The maximum Gasteiger partial charge on any atom is 0.234 e. The highest BCUT2D eigenvalue weighted by Gasteiger charge is 2.30. The molecule has 6 nitrogen and oxygen atoms in total. The lowest BCUT2D eigenvalue weighted by molar-refractivity contribution is -0.135. The number of ether oxygens (including phenoxy) is 1. The van der Waals surface area contributed by atoms with Gasteiger partial charge in [0.2, 0.25) is 11.8 Å². The fourth-order valence-corrected chi connectivity index (χ4v) is 4.49. The van der Waals surface area contributed by atoms with E-state index in [0.717, 1.165) is 64.3 Å². The number of piperidine rings is 1. The average molecular weight is 358 g/mol. The van der Waals surface area contributed by atoms with Gasteiger partial charge in [0, 0.05) is 32.1 Å². The number of hydrogen-bond donors (Lipinski definition) is 0. The zero-order valence-corrected chi connectivity index (χ0v) is 15.6. The van der Waals surface area contributed by atoms with Crippen molar-refractivity contribution >= 4 is 11.7 Å². The van der Waals surface area contributed by atoms with Crippen LogP contribution in [0.15, 0.2) is 12.4 Å². The molecule has 0 atom stereocenters. The van der Waals surface area contributed by atoms with Crippen LogP contribution in [0.2, 0.25) is 0 Å². The molecule has 4 rings (SSSR count). The summed E-state index contributed by atoms with van der Waals surface area (Å²) < 4.78 is 5.89. The number of anilines is 1. The maximum atomic E-state index is 12.6. The number of aromatic nitrogens is 2. The minimum Gasteiger partial charge on any atom is -0.476 e. The van der Waals surface area contributed by atoms with Crippen LogP contribution in [-0.2, 0) is 4.79 Å². The van der Waals surface area contributed by atoms with Crippen LogP contribution in [0.1, 0.15) is 51.4 Å². The second-order valence-corrected chi connectivity index (χ2v) is 7.97. The molecule has 0 spiro atoms. The molecule has 3 heterocycles. The third-order valence-electron chi connectivity index (χ3n) is 6.13. The Morgan fingerprint density at radius 1 is 1.00 bits per heavy atom. The lowest BCUT2D eigenvalue weighted by Gasteiger charge is -2.33. The molecule has 142 valence electrons. The van der Waals surface area contributed by atoms with E-state index < -0.39 is 0 Å². The van der Waals surface area contributed by atoms with Gasteiger partial charge < -0.3 is 14.5 Å². The Morgan fingerprint density at radius 2 is 1.73 bits per heavy atom. The maximum absolute atomic E-state index is 12.6. The number of amides is 1. The molecule has 0 bridgehead atoms. The summed E-state index contributed by atoms with van der Waals surface area (Å²) in [5, 5.41) is 0. The molecule has 1 aromatic rings. The van der Waals surface area contributed by atoms with Crippen LogP contribution in [0.3, 0.4) is 0 Å². The number of rotatable bonds is 5. The Bertz CT molecular complexity index is 604. The highest BCUT2D eigenvalue weighted by molar-refractivity contribution is 5.79. The Morgan fingerprint density at radius 3 is 2.46 bits per heavy atom. The van der Waals surface area contributed by atoms with Crippen LogP contribution in [-0.4, -0.2) is 53.6 Å². The van der Waals surface area contributed by atoms with E-state index in [0.29, 0.717) is 17.7 Å². The molecule has 1 saturated carbocycles. The van der Waals surface area contributed by atoms with Gasteiger partial charge in [0.1, 0.15) is 0 Å². The fourth-order valence-electron chi connectivity index (χ4n) is 4.49. The first-order valence-corrected chi connectivity index (χ1v) is 10.3. The van der Waals surface area contributed by atoms with Crippen LogP contribution in [0.25, 0.3) is 0 Å². The van der Waals surface area contributed by atoms with Crippen molar-refractivity contribution in [1.29, 1.82) is 0 Å². The first-order valence-electron chi connectivity index (χ1n) is 10.3. The van der Waals surface area contributed by atoms with Crippen LogP contribution < -0.4 is 9.64 Å². The first-order chi connectivity index (χ1) is 12.8. The van der Waals surface area contributed by atoms with Gasteiger partial charge in [-0.1, -0.05) is 12.8 Å². The lowest BCUT2D eigenvalue weighted by atomic mass is 9.95. The summed E-state index contributed by atoms with van der Waals surface area (Å²) in [4.78, 5) is 25.8. The largest absolute Gasteiger partial charge is 0.476 e. The third-order valence-corrected chi connectivity index (χ3v) is 6.13. The number of carbonyl (C=O) groups is 1. The van der Waals surface area contributed by atoms with Gasteiger partial charge in [-0.25, -0.2) is 0 Å². The molecule has 2 aliphatic heterocycles. The smallest absolute Gasteiger partial charge is 0.234 e. The summed E-state index contributed by atoms with van der Waals surface area (Å²) in [7, 11) is 0. The predicted molar refractivity (Wildman–Crippen MR) is 100 cm³/mol. The van der Waals surface area contributed by atoms with E-state index in [-0.39, 0.29) is 5.92 Å². The van der Waals surface area contributed by atoms with Gasteiger partial charge in [0.05, 0.1) is 19.0 Å². The van der Waals surface area contributed by atoms with Gasteiger partial charge in [0.15, 0.2) is 5.82 Å². The van der Waals surface area contributed by atoms with E-state index in [1.165, 1.54) is 25.7 Å². The first kappa shape index (κ1) is 17.6. The summed E-state index contributed by atoms with van der Waals surface area (Å²) in [6.45, 7) is 4.39. The minimum absolute atomic E-state index is 0.180. The van der Waals surface area contributed by atoms with Crippen molar-refractivity contribution in [2.45, 2.75) is 51.4 Å². The van der Waals surface area contributed by atoms with Crippen molar-refractivity contribution in [2.24, 2.45) is 11.8 Å². The molecular weight excluding hydrogens is 328 g/mol. The molecular formula is C20H30N4O2. The summed E-state index contributed by atoms with van der Waals surface area (Å²) in [5.41, 5.74) is 0. The minimum atomic E-state index is 0.180. The molecule has 1 amide bonds. The number of likely N-dealkylation sites (tertiary alicyclic amines) is 1. The molecule has 1 aromatic heterocycles. The standard InChI is InChI=1S/C20H30N4O2/c25-20(24-9-3-4-10-24)17-7-11-23(12-8-17)18-13-21-14-19(22-18)26-15-16-5-1-2-6-16/h13-14,16-17H,1-12,15H2. The van der Waals surface area contributed by atoms with Crippen LogP contribution in [0, 0.1) is 11.8 Å². The zero-order valence-electron chi connectivity index (χ0n) is 15.6. The quantitative estimate of drug-likeness (QED) is 0.810. The summed E-state index contributed by atoms with van der Waals surface area (Å²) in [5.74, 6) is 2.72. The van der Waals surface area contributed by atoms with E-state index in [4.69, 9.17) is 4.74 Å². The van der Waals surface area contributed by atoms with Crippen molar-refractivity contribution in [3.8, 4) is 5.88 Å². The fraction of sp³-hybridized carbons (Fsp3) is 0.750. The molecule has 6 heteroatoms. The van der Waals surface area contributed by atoms with Crippen molar-refractivity contribution in [3.05, 3.63) is 12.4 Å². The molecule has 0 radical (unpaired) electrons. The van der Waals surface area contributed by atoms with Crippen LogP contribution >= 0.6 is 0 Å². The average Bonchev–Trinajstić information content (AvgIpc) is 3.40. The van der Waals surface area contributed by atoms with Crippen molar-refractivity contribution in [1.82, 2.24) is 14.9 Å². The van der Waals surface area contributed by atoms with Gasteiger partial charge in [-0.2, -0.15) is 4.98 Å². The molecule has 0 unspecified atom stereocenters. The van der Waals surface area contributed by atoms with Gasteiger partial charge in [-0.15, -0.1) is 0 Å². The highest BCUT2D eigenvalue weighted by Crippen LogP contribution is 2.27. The van der Waals surface area contributed by atoms with E-state index in [2.05, 4.69) is 19.8 Å². The molecule has 1 aliphatic carbocycles. The Hall–Kier alpha value is -1.85. The van der Waals surface area contributed by atoms with Crippen LogP contribution in [0.5, 0.6) is 5.88 Å². The normalized spacial score (nSPS) is 22.2. The van der Waals surface area contributed by atoms with Gasteiger partial charge in [-0.3, -0.25) is 9.78 Å². The van der Waals surface area contributed by atoms with Crippen LogP contribution in [0.4, 0.5) is 5.82 Å². The second kappa shape index (κ2) is 8.23. The molecule has 0 aromatic carbocycles. The second-order valence-electron chi connectivity index (χ2n) is 7.97. The van der Waals surface area contributed by atoms with Gasteiger partial charge >= 0.3 is 0 Å². The SMILES string of the molecule is O=C(C1CCN(c2cncc(OCC3CCCC3)n2)CC1)N1CCCC1. The number of hydrogen-bond acceptors (Lipinski definition) is 5. The number of nitrogens with zero attached hydrogens (tertiary/aromatic N) is 4. The molecule has 26 heavy (non-hydrogen) atoms. The Kier molecular flexibility index (Phi) is 5.56. The summed E-state index contributed by atoms with van der Waals surface area (Å²) in [6, 6.07) is 0. The third kappa shape index (κ3) is 4.10. The van der Waals surface area contributed by atoms with E-state index in [1.807, 2.05) is 6.20 Å². The van der Waals surface area contributed by atoms with Gasteiger partial charge in [-0.05, 0) is 44.4 Å². The lowest BCUT2D eigenvalue weighted by Crippen LogP contribution is -2.42. The number of carbonyl (C=O) groups excluding carboxylic acids is 1. The van der Waals surface area contributed by atoms with E-state index in [9.17, 15) is 4.79 Å². The molecule has 3 aliphatic rings. The van der Waals surface area contributed by atoms with Crippen molar-refractivity contribution < 1.29 is 9.53 Å².